The fourth-order valence-electron chi connectivity index (χ4n) is 1.98. The first-order valence-electron chi connectivity index (χ1n) is 5.79. The van der Waals surface area contributed by atoms with Gasteiger partial charge < -0.3 is 20.3 Å². The molecule has 1 fully saturated rings. The number of rotatable bonds is 3. The van der Waals surface area contributed by atoms with Crippen LogP contribution in [0.1, 0.15) is 10.4 Å². The van der Waals surface area contributed by atoms with Gasteiger partial charge in [-0.25, -0.2) is 0 Å². The minimum Gasteiger partial charge on any atom is -0.394 e. The van der Waals surface area contributed by atoms with Crippen molar-refractivity contribution in [3.05, 3.63) is 41.8 Å². The van der Waals surface area contributed by atoms with Crippen molar-refractivity contribution in [2.75, 3.05) is 6.61 Å². The van der Waals surface area contributed by atoms with E-state index in [0.717, 1.165) is 0 Å². The minimum atomic E-state index is -1.05. The average Bonchev–Trinajstić information content (AvgIpc) is 2.66. The Morgan fingerprint density at radius 3 is 2.84 bits per heavy atom. The Kier molecular flexibility index (Phi) is 4.42. The highest BCUT2D eigenvalue weighted by atomic mass is 35.5. The van der Waals surface area contributed by atoms with Crippen molar-refractivity contribution in [3.63, 3.8) is 0 Å². The summed E-state index contributed by atoms with van der Waals surface area (Å²) in [5.74, 6) is -0.413. The summed E-state index contributed by atoms with van der Waals surface area (Å²) in [7, 11) is 0. The zero-order valence-electron chi connectivity index (χ0n) is 9.99. The van der Waals surface area contributed by atoms with Crippen LogP contribution in [0, 0.1) is 6.92 Å². The smallest absolute Gasteiger partial charge is 0.251 e. The van der Waals surface area contributed by atoms with Crippen LogP contribution in [0.25, 0.3) is 0 Å². The van der Waals surface area contributed by atoms with E-state index in [-0.39, 0.29) is 6.61 Å². The number of hydrogen-bond donors (Lipinski definition) is 3. The summed E-state index contributed by atoms with van der Waals surface area (Å²) in [6.45, 7) is 5.29. The maximum absolute atomic E-state index is 12.0. The van der Waals surface area contributed by atoms with Crippen LogP contribution in [-0.4, -0.2) is 47.1 Å². The molecule has 1 heterocycles. The first-order chi connectivity index (χ1) is 9.02. The molecule has 1 aliphatic rings. The largest absolute Gasteiger partial charge is 0.394 e. The summed E-state index contributed by atoms with van der Waals surface area (Å²) in [5, 5.41) is 21.9. The van der Waals surface area contributed by atoms with E-state index in [9.17, 15) is 9.90 Å². The number of carbonyl (C=O) groups is 1. The lowest BCUT2D eigenvalue weighted by atomic mass is 10.0. The Morgan fingerprint density at radius 2 is 2.26 bits per heavy atom. The fraction of sp³-hybridized carbons (Fsp3) is 0.385. The molecule has 6 heteroatoms. The number of ether oxygens (including phenoxy) is 1. The van der Waals surface area contributed by atoms with Gasteiger partial charge in [0, 0.05) is 10.6 Å². The summed E-state index contributed by atoms with van der Waals surface area (Å²) in [6, 6.07) is 5.63. The molecule has 0 spiro atoms. The van der Waals surface area contributed by atoms with Crippen LogP contribution in [0.5, 0.6) is 0 Å². The Hall–Kier alpha value is -1.14. The van der Waals surface area contributed by atoms with Crippen molar-refractivity contribution in [2.45, 2.75) is 24.4 Å². The SMILES string of the molecule is [CH][C@@H]1O[C@H](CO)[C@H](O)C1NC(=O)c1cccc(Cl)c1. The van der Waals surface area contributed by atoms with E-state index < -0.39 is 30.3 Å². The van der Waals surface area contributed by atoms with Crippen molar-refractivity contribution < 1.29 is 19.7 Å². The van der Waals surface area contributed by atoms with Gasteiger partial charge in [0.05, 0.1) is 18.8 Å². The van der Waals surface area contributed by atoms with E-state index in [2.05, 4.69) is 5.32 Å². The van der Waals surface area contributed by atoms with Gasteiger partial charge >= 0.3 is 0 Å². The monoisotopic (exact) mass is 283 g/mol. The van der Waals surface area contributed by atoms with Crippen LogP contribution in [0.4, 0.5) is 0 Å². The third-order valence-electron chi connectivity index (χ3n) is 3.00. The molecule has 0 aromatic heterocycles. The molecule has 1 aromatic rings. The molecule has 102 valence electrons. The highest BCUT2D eigenvalue weighted by Gasteiger charge is 2.41. The maximum atomic E-state index is 12.0. The zero-order chi connectivity index (χ0) is 14.0. The molecule has 1 aromatic carbocycles. The molecule has 1 unspecified atom stereocenters. The first-order valence-corrected chi connectivity index (χ1v) is 6.17. The summed E-state index contributed by atoms with van der Waals surface area (Å²) < 4.78 is 5.13. The lowest BCUT2D eigenvalue weighted by Gasteiger charge is -2.19. The zero-order valence-corrected chi connectivity index (χ0v) is 10.7. The molecule has 5 nitrogen and oxygen atoms in total. The normalized spacial score (nSPS) is 30.3. The van der Waals surface area contributed by atoms with E-state index >= 15 is 0 Å². The Bertz CT molecular complexity index is 468. The number of halogens is 1. The number of hydrogen-bond acceptors (Lipinski definition) is 4. The van der Waals surface area contributed by atoms with Gasteiger partial charge in [0.15, 0.2) is 0 Å². The van der Waals surface area contributed by atoms with Crippen LogP contribution >= 0.6 is 11.6 Å². The second kappa shape index (κ2) is 5.88. The lowest BCUT2D eigenvalue weighted by Crippen LogP contribution is -2.47. The molecule has 0 aliphatic carbocycles. The average molecular weight is 284 g/mol. The van der Waals surface area contributed by atoms with Crippen LogP contribution in [0.2, 0.25) is 5.02 Å². The second-order valence-electron chi connectivity index (χ2n) is 4.32. The molecule has 0 saturated carbocycles. The molecular weight excluding hydrogens is 270 g/mol. The molecule has 1 amide bonds. The molecule has 3 N–H and O–H groups in total. The van der Waals surface area contributed by atoms with Gasteiger partial charge in [0.1, 0.15) is 12.2 Å². The number of amides is 1. The number of benzene rings is 1. The molecule has 1 aliphatic heterocycles. The van der Waals surface area contributed by atoms with Gasteiger partial charge in [-0.1, -0.05) is 17.7 Å². The second-order valence-corrected chi connectivity index (χ2v) is 4.76. The molecular formula is C13H14ClNO4. The Balaban J connectivity index is 2.07. The Morgan fingerprint density at radius 1 is 1.53 bits per heavy atom. The van der Waals surface area contributed by atoms with Crippen LogP contribution in [0.15, 0.2) is 24.3 Å². The third kappa shape index (κ3) is 3.06. The first kappa shape index (κ1) is 14.3. The molecule has 0 bridgehead atoms. The van der Waals surface area contributed by atoms with Crippen LogP contribution in [0.3, 0.4) is 0 Å². The van der Waals surface area contributed by atoms with Crippen LogP contribution in [-0.2, 0) is 4.74 Å². The van der Waals surface area contributed by atoms with Crippen molar-refractivity contribution in [1.29, 1.82) is 0 Å². The van der Waals surface area contributed by atoms with Gasteiger partial charge in [0.25, 0.3) is 5.91 Å². The predicted molar refractivity (Wildman–Crippen MR) is 68.8 cm³/mol. The molecule has 2 radical (unpaired) electrons. The standard InChI is InChI=1S/C13H14ClNO4/c1-7-11(12(17)10(6-16)19-7)15-13(18)8-3-2-4-9(14)5-8/h1-5,7,10-12,16-17H,6H2,(H,15,18)/t7-,10+,11?,12-/m0/s1. The van der Waals surface area contributed by atoms with E-state index in [1.165, 1.54) is 6.07 Å². The van der Waals surface area contributed by atoms with Gasteiger partial charge in [-0.05, 0) is 25.1 Å². The topological polar surface area (TPSA) is 78.8 Å². The summed E-state index contributed by atoms with van der Waals surface area (Å²) in [5.41, 5.74) is 0.361. The van der Waals surface area contributed by atoms with Gasteiger partial charge in [-0.2, -0.15) is 0 Å². The summed E-state index contributed by atoms with van der Waals surface area (Å²) in [4.78, 5) is 12.0. The fourth-order valence-corrected chi connectivity index (χ4v) is 2.17. The van der Waals surface area contributed by atoms with Crippen molar-refractivity contribution in [2.24, 2.45) is 0 Å². The Labute approximate surface area is 116 Å². The quantitative estimate of drug-likeness (QED) is 0.744. The van der Waals surface area contributed by atoms with Gasteiger partial charge in [0.2, 0.25) is 0 Å². The highest BCUT2D eigenvalue weighted by molar-refractivity contribution is 6.30. The third-order valence-corrected chi connectivity index (χ3v) is 3.23. The number of nitrogens with one attached hydrogen (secondary N) is 1. The molecule has 4 atom stereocenters. The maximum Gasteiger partial charge on any atom is 0.251 e. The summed E-state index contributed by atoms with van der Waals surface area (Å²) >= 11 is 5.80. The van der Waals surface area contributed by atoms with E-state index in [0.29, 0.717) is 10.6 Å². The molecule has 1 saturated heterocycles. The number of carbonyl (C=O) groups excluding carboxylic acids is 1. The van der Waals surface area contributed by atoms with Crippen molar-refractivity contribution >= 4 is 17.5 Å². The van der Waals surface area contributed by atoms with E-state index in [1.807, 2.05) is 0 Å². The lowest BCUT2D eigenvalue weighted by molar-refractivity contribution is -0.0114. The highest BCUT2D eigenvalue weighted by Crippen LogP contribution is 2.21. The molecule has 19 heavy (non-hydrogen) atoms. The van der Waals surface area contributed by atoms with E-state index in [1.54, 1.807) is 18.2 Å². The van der Waals surface area contributed by atoms with E-state index in [4.69, 9.17) is 28.4 Å². The number of aliphatic hydroxyl groups excluding tert-OH is 2. The predicted octanol–water partition coefficient (Wildman–Crippen LogP) is 0.270. The van der Waals surface area contributed by atoms with Crippen LogP contribution < -0.4 is 5.32 Å². The van der Waals surface area contributed by atoms with Gasteiger partial charge in [-0.15, -0.1) is 0 Å². The minimum absolute atomic E-state index is 0.361. The molecule has 2 rings (SSSR count). The summed E-state index contributed by atoms with van der Waals surface area (Å²) in [6.07, 6.45) is -2.71. The number of aliphatic hydroxyl groups is 2. The van der Waals surface area contributed by atoms with Crippen molar-refractivity contribution in [3.8, 4) is 0 Å². The van der Waals surface area contributed by atoms with Gasteiger partial charge in [-0.3, -0.25) is 4.79 Å². The van der Waals surface area contributed by atoms with Crippen molar-refractivity contribution in [1.82, 2.24) is 5.32 Å².